The topological polar surface area (TPSA) is 46.2 Å². The number of rotatable bonds is 5. The van der Waals surface area contributed by atoms with Gasteiger partial charge in [-0.15, -0.1) is 0 Å². The summed E-state index contributed by atoms with van der Waals surface area (Å²) < 4.78 is 2.34. The minimum Gasteiger partial charge on any atom is -0.398 e. The highest BCUT2D eigenvalue weighted by atomic mass is 32.2. The second-order valence-electron chi connectivity index (χ2n) is 9.61. The van der Waals surface area contributed by atoms with Gasteiger partial charge in [-0.2, -0.15) is 0 Å². The highest BCUT2D eigenvalue weighted by Gasteiger charge is 2.20. The smallest absolute Gasteiger partial charge is 0.0775 e. The van der Waals surface area contributed by atoms with Gasteiger partial charge in [0.15, 0.2) is 0 Å². The Morgan fingerprint density at radius 2 is 1.69 bits per heavy atom. The maximum atomic E-state index is 6.23. The van der Waals surface area contributed by atoms with Gasteiger partial charge in [-0.1, -0.05) is 60.3 Å². The number of thioether (sulfide) groups is 1. The van der Waals surface area contributed by atoms with Crippen molar-refractivity contribution >= 4 is 40.6 Å². The lowest BCUT2D eigenvalue weighted by molar-refractivity contribution is 0.786. The first-order valence-electron chi connectivity index (χ1n) is 12.9. The minimum absolute atomic E-state index is 0.813. The Kier molecular flexibility index (Phi) is 6.48. The zero-order chi connectivity index (χ0) is 24.3. The maximum absolute atomic E-state index is 6.23. The maximum Gasteiger partial charge on any atom is 0.0775 e. The number of nitrogen functional groups attached to an aromatic ring is 1. The molecule has 0 bridgehead atoms. The Bertz CT molecular complexity index is 1360. The van der Waals surface area contributed by atoms with E-state index in [1.54, 1.807) is 11.8 Å². The van der Waals surface area contributed by atoms with Crippen LogP contribution in [0.1, 0.15) is 37.7 Å². The fraction of sp³-hybridized carbons (Fsp3) is 0.226. The fourth-order valence-corrected chi connectivity index (χ4v) is 6.21. The van der Waals surface area contributed by atoms with E-state index in [0.717, 1.165) is 43.6 Å². The molecule has 3 heterocycles. The number of hydrogen-bond acceptors (Lipinski definition) is 4. The molecule has 1 saturated heterocycles. The van der Waals surface area contributed by atoms with E-state index < -0.39 is 0 Å². The molecule has 0 spiro atoms. The first kappa shape index (κ1) is 22.9. The third-order valence-electron chi connectivity index (χ3n) is 7.17. The predicted molar refractivity (Wildman–Crippen MR) is 155 cm³/mol. The van der Waals surface area contributed by atoms with Gasteiger partial charge in [-0.05, 0) is 79.2 Å². The molecule has 0 atom stereocenters. The number of nitrogens with zero attached hydrogens (tertiary/aromatic N) is 2. The first-order valence-corrected chi connectivity index (χ1v) is 13.7. The molecule has 5 heteroatoms. The molecule has 2 aromatic carbocycles. The molecule has 36 heavy (non-hydrogen) atoms. The SMILES string of the molecule is Nc1ccccc1/C=C/C1=C(n2ccc(N3CCCC3)c2)C(=C/C=C2/Nc3ccccc3S2)/CCC1. The molecule has 1 aromatic heterocycles. The van der Waals surface area contributed by atoms with E-state index in [-0.39, 0.29) is 0 Å². The van der Waals surface area contributed by atoms with E-state index >= 15 is 0 Å². The standard InChI is InChI=1S/C31H32N4S/c32-27-11-2-1-8-23(27)14-15-24-9-7-10-25(16-17-30-33-28-12-3-4-13-29(28)36-30)31(24)35-21-18-26(22-35)34-19-5-6-20-34/h1-4,8,11-18,21-22,33H,5-7,9-10,19-20,32H2/b15-14+,25-16+,30-17-. The van der Waals surface area contributed by atoms with Gasteiger partial charge in [0, 0.05) is 36.1 Å². The zero-order valence-electron chi connectivity index (χ0n) is 20.5. The normalized spacial score (nSPS) is 20.1. The van der Waals surface area contributed by atoms with Crippen molar-refractivity contribution in [2.45, 2.75) is 37.0 Å². The number of fused-ring (bicyclic) bond motifs is 1. The van der Waals surface area contributed by atoms with Gasteiger partial charge in [-0.3, -0.25) is 0 Å². The molecule has 3 aliphatic rings. The summed E-state index contributed by atoms with van der Waals surface area (Å²) in [7, 11) is 0. The molecule has 3 aromatic rings. The largest absolute Gasteiger partial charge is 0.398 e. The van der Waals surface area contributed by atoms with Gasteiger partial charge in [-0.25, -0.2) is 0 Å². The number of aromatic nitrogens is 1. The summed E-state index contributed by atoms with van der Waals surface area (Å²) in [5.74, 6) is 0. The molecule has 0 amide bonds. The molecule has 3 N–H and O–H groups in total. The summed E-state index contributed by atoms with van der Waals surface area (Å²) in [6, 6.07) is 18.8. The van der Waals surface area contributed by atoms with Gasteiger partial charge in [0.25, 0.3) is 0 Å². The number of anilines is 3. The molecule has 1 fully saturated rings. The monoisotopic (exact) mass is 492 g/mol. The Hall–Kier alpha value is -3.57. The van der Waals surface area contributed by atoms with Crippen LogP contribution >= 0.6 is 11.8 Å². The molecule has 182 valence electrons. The highest BCUT2D eigenvalue weighted by molar-refractivity contribution is 8.03. The van der Waals surface area contributed by atoms with Crippen LogP contribution in [0.15, 0.2) is 106 Å². The summed E-state index contributed by atoms with van der Waals surface area (Å²) in [6.45, 7) is 2.31. The Morgan fingerprint density at radius 1 is 0.861 bits per heavy atom. The van der Waals surface area contributed by atoms with Crippen LogP contribution in [0.5, 0.6) is 0 Å². The number of allylic oxidation sites excluding steroid dienone is 6. The molecule has 0 saturated carbocycles. The molecular formula is C31H32N4S. The Morgan fingerprint density at radius 3 is 2.56 bits per heavy atom. The predicted octanol–water partition coefficient (Wildman–Crippen LogP) is 7.76. The molecule has 6 rings (SSSR count). The van der Waals surface area contributed by atoms with Crippen molar-refractivity contribution in [1.82, 2.24) is 4.57 Å². The third kappa shape index (κ3) is 4.76. The molecule has 0 radical (unpaired) electrons. The molecular weight excluding hydrogens is 460 g/mol. The van der Waals surface area contributed by atoms with Crippen LogP contribution < -0.4 is 16.0 Å². The second-order valence-corrected chi connectivity index (χ2v) is 10.7. The Balaban J connectivity index is 1.37. The van der Waals surface area contributed by atoms with E-state index in [0.29, 0.717) is 0 Å². The summed E-state index contributed by atoms with van der Waals surface area (Å²) in [5.41, 5.74) is 14.6. The van der Waals surface area contributed by atoms with Gasteiger partial charge in [0.2, 0.25) is 0 Å². The van der Waals surface area contributed by atoms with Crippen molar-refractivity contribution in [2.75, 3.05) is 29.0 Å². The second kappa shape index (κ2) is 10.2. The highest BCUT2D eigenvalue weighted by Crippen LogP contribution is 2.41. The fourth-order valence-electron chi connectivity index (χ4n) is 5.30. The average molecular weight is 493 g/mol. The summed E-state index contributed by atoms with van der Waals surface area (Å²) in [6.07, 6.45) is 19.4. The van der Waals surface area contributed by atoms with E-state index in [9.17, 15) is 0 Å². The number of nitrogens with one attached hydrogen (secondary N) is 1. The molecule has 4 nitrogen and oxygen atoms in total. The lowest BCUT2D eigenvalue weighted by Gasteiger charge is -2.23. The summed E-state index contributed by atoms with van der Waals surface area (Å²) >= 11 is 1.80. The number of nitrogens with two attached hydrogens (primary N) is 1. The van der Waals surface area contributed by atoms with Crippen LogP contribution in [0, 0.1) is 0 Å². The van der Waals surface area contributed by atoms with E-state index in [4.69, 9.17) is 5.73 Å². The number of benzene rings is 2. The number of hydrogen-bond donors (Lipinski definition) is 2. The van der Waals surface area contributed by atoms with Crippen molar-refractivity contribution in [2.24, 2.45) is 0 Å². The first-order chi connectivity index (χ1) is 17.7. The van der Waals surface area contributed by atoms with Crippen molar-refractivity contribution in [1.29, 1.82) is 0 Å². The number of para-hydroxylation sites is 2. The van der Waals surface area contributed by atoms with Crippen LogP contribution in [-0.2, 0) is 0 Å². The van der Waals surface area contributed by atoms with Crippen molar-refractivity contribution < 1.29 is 0 Å². The van der Waals surface area contributed by atoms with E-state index in [2.05, 4.69) is 87.9 Å². The van der Waals surface area contributed by atoms with Crippen LogP contribution in [0.2, 0.25) is 0 Å². The van der Waals surface area contributed by atoms with Crippen molar-refractivity contribution in [3.63, 3.8) is 0 Å². The van der Waals surface area contributed by atoms with E-state index in [1.165, 1.54) is 51.0 Å². The van der Waals surface area contributed by atoms with Gasteiger partial charge in [0.05, 0.1) is 22.1 Å². The minimum atomic E-state index is 0.813. The van der Waals surface area contributed by atoms with Gasteiger partial charge < -0.3 is 20.5 Å². The van der Waals surface area contributed by atoms with Crippen molar-refractivity contribution in [3.8, 4) is 0 Å². The van der Waals surface area contributed by atoms with Crippen molar-refractivity contribution in [3.05, 3.63) is 107 Å². The zero-order valence-corrected chi connectivity index (χ0v) is 21.3. The summed E-state index contributed by atoms with van der Waals surface area (Å²) in [4.78, 5) is 3.79. The van der Waals surface area contributed by atoms with Gasteiger partial charge >= 0.3 is 0 Å². The quantitative estimate of drug-likeness (QED) is 0.357. The van der Waals surface area contributed by atoms with Gasteiger partial charge in [0.1, 0.15) is 0 Å². The van der Waals surface area contributed by atoms with Crippen LogP contribution in [0.25, 0.3) is 11.8 Å². The lowest BCUT2D eigenvalue weighted by atomic mass is 9.90. The lowest BCUT2D eigenvalue weighted by Crippen LogP contribution is -2.16. The van der Waals surface area contributed by atoms with Crippen LogP contribution in [0.4, 0.5) is 17.1 Å². The van der Waals surface area contributed by atoms with Crippen LogP contribution in [0.3, 0.4) is 0 Å². The third-order valence-corrected chi connectivity index (χ3v) is 8.20. The molecule has 2 aliphatic heterocycles. The Labute approximate surface area is 217 Å². The average Bonchev–Trinajstić information content (AvgIpc) is 3.67. The van der Waals surface area contributed by atoms with Crippen LogP contribution in [-0.4, -0.2) is 17.7 Å². The van der Waals surface area contributed by atoms with E-state index in [1.807, 2.05) is 18.2 Å². The molecule has 1 aliphatic carbocycles. The molecule has 0 unspecified atom stereocenters. The summed E-state index contributed by atoms with van der Waals surface area (Å²) in [5, 5.41) is 4.73.